The fourth-order valence-electron chi connectivity index (χ4n) is 5.95. The van der Waals surface area contributed by atoms with Gasteiger partial charge in [0.25, 0.3) is 0 Å². The molecule has 0 nitrogen and oxygen atoms in total. The molecule has 140 valence electrons. The third kappa shape index (κ3) is 2.88. The van der Waals surface area contributed by atoms with Crippen LogP contribution in [-0.2, 0) is 0 Å². The van der Waals surface area contributed by atoms with Gasteiger partial charge in [-0.2, -0.15) is 0 Å². The maximum atomic E-state index is 2.62. The Balaban J connectivity index is 1.80. The van der Waals surface area contributed by atoms with E-state index in [4.69, 9.17) is 0 Å². The molecule has 4 atom stereocenters. The molecule has 1 heteroatoms. The van der Waals surface area contributed by atoms with Gasteiger partial charge >= 0.3 is 0 Å². The fraction of sp³-hybridized carbons (Fsp3) is 0.385. The summed E-state index contributed by atoms with van der Waals surface area (Å²) in [6.45, 7) is 14.7. The molecule has 4 unspecified atom stereocenters. The zero-order valence-electron chi connectivity index (χ0n) is 17.6. The molecular formula is C26H32Si. The summed E-state index contributed by atoms with van der Waals surface area (Å²) in [5, 5.41) is 0. The van der Waals surface area contributed by atoms with Crippen LogP contribution in [0.25, 0.3) is 0 Å². The lowest BCUT2D eigenvalue weighted by molar-refractivity contribution is 0.881. The smallest absolute Gasteiger partial charge is 0.0721 e. The predicted molar refractivity (Wildman–Crippen MR) is 121 cm³/mol. The van der Waals surface area contributed by atoms with Gasteiger partial charge in [0.1, 0.15) is 0 Å². The lowest BCUT2D eigenvalue weighted by Gasteiger charge is -2.40. The summed E-state index contributed by atoms with van der Waals surface area (Å²) < 4.78 is 0. The van der Waals surface area contributed by atoms with Crippen molar-refractivity contribution < 1.29 is 0 Å². The van der Waals surface area contributed by atoms with Gasteiger partial charge in [-0.15, -0.1) is 0 Å². The van der Waals surface area contributed by atoms with Crippen molar-refractivity contribution in [3.8, 4) is 0 Å². The minimum atomic E-state index is -1.69. The first-order valence-electron chi connectivity index (χ1n) is 10.4. The molecule has 4 aliphatic rings. The van der Waals surface area contributed by atoms with Crippen molar-refractivity contribution in [2.24, 2.45) is 11.8 Å². The summed E-state index contributed by atoms with van der Waals surface area (Å²) in [5.74, 6) is 1.02. The Morgan fingerprint density at radius 2 is 1.04 bits per heavy atom. The predicted octanol–water partition coefficient (Wildman–Crippen LogP) is 7.47. The minimum absolute atomic E-state index is 0.511. The topological polar surface area (TPSA) is 0 Å². The van der Waals surface area contributed by atoms with Gasteiger partial charge in [-0.05, 0) is 48.0 Å². The van der Waals surface area contributed by atoms with Crippen LogP contribution in [0.3, 0.4) is 0 Å². The summed E-state index contributed by atoms with van der Waals surface area (Å²) in [6.07, 6.45) is 23.4. The summed E-state index contributed by atoms with van der Waals surface area (Å²) in [6, 6.07) is 0. The quantitative estimate of drug-likeness (QED) is 0.441. The Hall–Kier alpha value is -1.86. The van der Waals surface area contributed by atoms with Crippen LogP contribution in [-0.4, -0.2) is 8.07 Å². The van der Waals surface area contributed by atoms with Crippen LogP contribution in [0.4, 0.5) is 0 Å². The van der Waals surface area contributed by atoms with Crippen molar-refractivity contribution in [1.29, 1.82) is 0 Å². The monoisotopic (exact) mass is 372 g/mol. The van der Waals surface area contributed by atoms with Gasteiger partial charge in [0.2, 0.25) is 0 Å². The first-order chi connectivity index (χ1) is 12.8. The van der Waals surface area contributed by atoms with Crippen molar-refractivity contribution in [2.45, 2.75) is 51.9 Å². The van der Waals surface area contributed by atoms with E-state index in [-0.39, 0.29) is 0 Å². The van der Waals surface area contributed by atoms with Crippen LogP contribution in [0.5, 0.6) is 0 Å². The number of allylic oxidation sites excluding steroid dienone is 16. The molecule has 0 fully saturated rings. The van der Waals surface area contributed by atoms with Crippen molar-refractivity contribution in [1.82, 2.24) is 0 Å². The third-order valence-corrected chi connectivity index (χ3v) is 11.5. The van der Waals surface area contributed by atoms with E-state index < -0.39 is 8.07 Å². The maximum Gasteiger partial charge on any atom is 0.0721 e. The Morgan fingerprint density at radius 1 is 0.630 bits per heavy atom. The highest BCUT2D eigenvalue weighted by atomic mass is 28.3. The molecule has 0 bridgehead atoms. The summed E-state index contributed by atoms with van der Waals surface area (Å²) in [5.41, 5.74) is 10.6. The number of hydrogen-bond acceptors (Lipinski definition) is 0. The van der Waals surface area contributed by atoms with Gasteiger partial charge in [0.05, 0.1) is 8.07 Å². The van der Waals surface area contributed by atoms with E-state index in [1.54, 1.807) is 33.4 Å². The van der Waals surface area contributed by atoms with Gasteiger partial charge in [-0.1, -0.05) is 98.8 Å². The Labute approximate surface area is 166 Å². The van der Waals surface area contributed by atoms with Crippen LogP contribution in [0.15, 0.2) is 94.2 Å². The van der Waals surface area contributed by atoms with E-state index in [9.17, 15) is 0 Å². The molecule has 0 N–H and O–H groups in total. The molecule has 0 saturated heterocycles. The first kappa shape index (κ1) is 18.5. The lowest BCUT2D eigenvalue weighted by atomic mass is 9.99. The molecule has 4 aliphatic carbocycles. The molecule has 0 aromatic heterocycles. The standard InChI is InChI=1S/C26H32Si/c1-17-11-7-9-13-21-23(17)15-19(3)25(21)27(5,6)26-20(4)16-24-18(2)12-8-10-14-22(24)26/h7-18,25-26H,1-6H3. The van der Waals surface area contributed by atoms with Crippen LogP contribution in [0.2, 0.25) is 24.2 Å². The second-order valence-electron chi connectivity index (χ2n) is 9.35. The van der Waals surface area contributed by atoms with E-state index in [1.165, 1.54) is 0 Å². The Bertz CT molecular complexity index is 834. The van der Waals surface area contributed by atoms with Crippen LogP contribution < -0.4 is 0 Å². The molecular weight excluding hydrogens is 340 g/mol. The van der Waals surface area contributed by atoms with Gasteiger partial charge in [-0.25, -0.2) is 0 Å². The largest absolute Gasteiger partial charge is 0.0773 e. The molecule has 0 aliphatic heterocycles. The van der Waals surface area contributed by atoms with E-state index >= 15 is 0 Å². The van der Waals surface area contributed by atoms with E-state index in [1.807, 2.05) is 0 Å². The molecule has 0 aromatic rings. The second-order valence-corrected chi connectivity index (χ2v) is 14.1. The number of rotatable bonds is 2. The van der Waals surface area contributed by atoms with Gasteiger partial charge < -0.3 is 0 Å². The van der Waals surface area contributed by atoms with Crippen molar-refractivity contribution in [3.05, 3.63) is 94.2 Å². The SMILES string of the molecule is CC1=CC2=C(C=CC=CC2C)C1[Si](C)(C)C1C(C)=CC2=C1C=CC=CC2C. The second kappa shape index (κ2) is 6.63. The summed E-state index contributed by atoms with van der Waals surface area (Å²) in [4.78, 5) is 0. The van der Waals surface area contributed by atoms with Gasteiger partial charge in [0.15, 0.2) is 0 Å². The van der Waals surface area contributed by atoms with E-state index in [0.29, 0.717) is 22.9 Å². The summed E-state index contributed by atoms with van der Waals surface area (Å²) in [7, 11) is -1.69. The van der Waals surface area contributed by atoms with Crippen molar-refractivity contribution >= 4 is 8.07 Å². The average molecular weight is 373 g/mol. The van der Waals surface area contributed by atoms with E-state index in [2.05, 4.69) is 102 Å². The molecule has 0 spiro atoms. The highest BCUT2D eigenvalue weighted by molar-refractivity contribution is 6.83. The van der Waals surface area contributed by atoms with Crippen LogP contribution in [0, 0.1) is 11.8 Å². The Morgan fingerprint density at radius 3 is 1.44 bits per heavy atom. The highest BCUT2D eigenvalue weighted by Gasteiger charge is 2.47. The minimum Gasteiger partial charge on any atom is -0.0773 e. The highest BCUT2D eigenvalue weighted by Crippen LogP contribution is 2.56. The normalized spacial score (nSPS) is 32.4. The van der Waals surface area contributed by atoms with Gasteiger partial charge in [0, 0.05) is 11.1 Å². The molecule has 0 aromatic carbocycles. The van der Waals surface area contributed by atoms with E-state index in [0.717, 1.165) is 0 Å². The molecule has 0 radical (unpaired) electrons. The number of hydrogen-bond donors (Lipinski definition) is 0. The Kier molecular flexibility index (Phi) is 4.54. The fourth-order valence-corrected chi connectivity index (χ4v) is 10.9. The van der Waals surface area contributed by atoms with Gasteiger partial charge in [-0.3, -0.25) is 0 Å². The molecule has 0 saturated carbocycles. The third-order valence-electron chi connectivity index (χ3n) is 7.01. The molecule has 4 rings (SSSR count). The average Bonchev–Trinajstić information content (AvgIpc) is 3.00. The molecule has 0 amide bonds. The lowest BCUT2D eigenvalue weighted by Crippen LogP contribution is -2.39. The zero-order chi connectivity index (χ0) is 19.3. The summed E-state index contributed by atoms with van der Waals surface area (Å²) >= 11 is 0. The first-order valence-corrected chi connectivity index (χ1v) is 13.5. The van der Waals surface area contributed by atoms with Crippen molar-refractivity contribution in [2.75, 3.05) is 0 Å². The molecule has 0 heterocycles. The van der Waals surface area contributed by atoms with Crippen LogP contribution in [0.1, 0.15) is 27.7 Å². The molecule has 27 heavy (non-hydrogen) atoms. The van der Waals surface area contributed by atoms with Crippen molar-refractivity contribution in [3.63, 3.8) is 0 Å². The zero-order valence-corrected chi connectivity index (χ0v) is 18.6. The van der Waals surface area contributed by atoms with Crippen LogP contribution >= 0.6 is 0 Å². The maximum absolute atomic E-state index is 2.62.